The number of aromatic nitrogens is 1. The van der Waals surface area contributed by atoms with Gasteiger partial charge in [0.2, 0.25) is 5.89 Å². The predicted octanol–water partition coefficient (Wildman–Crippen LogP) is 4.44. The normalized spacial score (nSPS) is 15.4. The summed E-state index contributed by atoms with van der Waals surface area (Å²) >= 11 is 1.81. The van der Waals surface area contributed by atoms with Crippen LogP contribution in [0.5, 0.6) is 0 Å². The Labute approximate surface area is 182 Å². The van der Waals surface area contributed by atoms with Gasteiger partial charge < -0.3 is 20.0 Å². The van der Waals surface area contributed by atoms with Crippen LogP contribution < -0.4 is 15.5 Å². The molecule has 4 rings (SSSR count). The lowest BCUT2D eigenvalue weighted by atomic mass is 10.1. The fourth-order valence-electron chi connectivity index (χ4n) is 3.58. The van der Waals surface area contributed by atoms with Gasteiger partial charge >= 0.3 is 0 Å². The van der Waals surface area contributed by atoms with E-state index in [1.54, 1.807) is 6.26 Å². The third kappa shape index (κ3) is 5.21. The Hall–Kier alpha value is -2.80. The first-order valence-electron chi connectivity index (χ1n) is 10.6. The fraction of sp³-hybridized carbons (Fsp3) is 0.391. The molecule has 1 aliphatic rings. The number of aliphatic imine (C=N–C) groups is 1. The number of thiophene rings is 1. The molecule has 3 aromatic rings. The van der Waals surface area contributed by atoms with E-state index in [2.05, 4.69) is 64.0 Å². The van der Waals surface area contributed by atoms with E-state index in [1.807, 2.05) is 23.5 Å². The van der Waals surface area contributed by atoms with Crippen molar-refractivity contribution in [3.05, 3.63) is 59.3 Å². The Balaban J connectivity index is 1.33. The van der Waals surface area contributed by atoms with Crippen LogP contribution >= 0.6 is 11.3 Å². The number of piperidine rings is 1. The van der Waals surface area contributed by atoms with Crippen LogP contribution in [0.25, 0.3) is 11.5 Å². The molecule has 0 aliphatic carbocycles. The first-order valence-corrected chi connectivity index (χ1v) is 11.4. The zero-order valence-corrected chi connectivity index (χ0v) is 18.4. The molecule has 1 saturated heterocycles. The van der Waals surface area contributed by atoms with E-state index in [0.717, 1.165) is 49.7 Å². The van der Waals surface area contributed by atoms with Gasteiger partial charge in [-0.1, -0.05) is 17.7 Å². The van der Waals surface area contributed by atoms with Crippen molar-refractivity contribution in [2.24, 2.45) is 4.99 Å². The molecule has 0 spiro atoms. The molecule has 2 aromatic heterocycles. The molecule has 0 amide bonds. The second-order valence-electron chi connectivity index (χ2n) is 7.56. The van der Waals surface area contributed by atoms with Gasteiger partial charge in [0, 0.05) is 31.2 Å². The van der Waals surface area contributed by atoms with Gasteiger partial charge in [-0.05, 0) is 56.3 Å². The number of aryl methyl sites for hydroxylation is 1. The number of hydrogen-bond acceptors (Lipinski definition) is 5. The molecule has 7 heteroatoms. The Bertz CT molecular complexity index is 940. The van der Waals surface area contributed by atoms with Crippen molar-refractivity contribution in [2.45, 2.75) is 39.3 Å². The summed E-state index contributed by atoms with van der Waals surface area (Å²) in [6, 6.07) is 12.9. The average Bonchev–Trinajstić information content (AvgIpc) is 3.46. The summed E-state index contributed by atoms with van der Waals surface area (Å²) in [6.07, 6.45) is 3.90. The Morgan fingerprint density at radius 3 is 2.73 bits per heavy atom. The number of oxazole rings is 1. The van der Waals surface area contributed by atoms with Crippen molar-refractivity contribution in [1.29, 1.82) is 0 Å². The van der Waals surface area contributed by atoms with Crippen LogP contribution in [-0.2, 0) is 6.54 Å². The van der Waals surface area contributed by atoms with E-state index in [9.17, 15) is 0 Å². The van der Waals surface area contributed by atoms with Crippen molar-refractivity contribution in [1.82, 2.24) is 15.6 Å². The molecule has 6 nitrogen and oxygen atoms in total. The smallest absolute Gasteiger partial charge is 0.226 e. The number of benzene rings is 1. The Morgan fingerprint density at radius 1 is 1.23 bits per heavy atom. The fourth-order valence-corrected chi connectivity index (χ4v) is 4.36. The lowest BCUT2D eigenvalue weighted by Crippen LogP contribution is -2.48. The minimum Gasteiger partial charge on any atom is -0.444 e. The molecule has 1 aromatic carbocycles. The summed E-state index contributed by atoms with van der Waals surface area (Å²) in [5, 5.41) is 10.5. The summed E-state index contributed by atoms with van der Waals surface area (Å²) in [7, 11) is 0. The molecule has 158 valence electrons. The van der Waals surface area contributed by atoms with Gasteiger partial charge in [-0.2, -0.15) is 0 Å². The first-order chi connectivity index (χ1) is 14.7. The maximum Gasteiger partial charge on any atom is 0.226 e. The lowest BCUT2D eigenvalue weighted by Gasteiger charge is -2.33. The summed E-state index contributed by atoms with van der Waals surface area (Å²) in [5.74, 6) is 1.48. The van der Waals surface area contributed by atoms with E-state index < -0.39 is 0 Å². The largest absolute Gasteiger partial charge is 0.444 e. The highest BCUT2D eigenvalue weighted by Crippen LogP contribution is 2.25. The quantitative estimate of drug-likeness (QED) is 0.453. The van der Waals surface area contributed by atoms with Gasteiger partial charge in [-0.15, -0.1) is 11.3 Å². The zero-order chi connectivity index (χ0) is 20.8. The van der Waals surface area contributed by atoms with Crippen molar-refractivity contribution in [2.75, 3.05) is 24.5 Å². The van der Waals surface area contributed by atoms with E-state index >= 15 is 0 Å². The van der Waals surface area contributed by atoms with Gasteiger partial charge in [0.25, 0.3) is 0 Å². The van der Waals surface area contributed by atoms with E-state index in [1.165, 1.54) is 10.6 Å². The molecule has 0 bridgehead atoms. The summed E-state index contributed by atoms with van der Waals surface area (Å²) in [6.45, 7) is 7.61. The molecular formula is C23H29N5OS. The molecule has 3 heterocycles. The first kappa shape index (κ1) is 20.5. The topological polar surface area (TPSA) is 65.7 Å². The van der Waals surface area contributed by atoms with Crippen molar-refractivity contribution >= 4 is 22.3 Å². The monoisotopic (exact) mass is 423 g/mol. The standard InChI is InChI=1S/C23H29N5OS/c1-3-24-23(27-19-10-12-28(13-11-19)21-5-4-14-30-21)25-15-20-16-29-22(26-20)18-8-6-17(2)7-9-18/h4-9,14,16,19H,3,10-13,15H2,1-2H3,(H2,24,25,27). The van der Waals surface area contributed by atoms with Crippen LogP contribution in [0.1, 0.15) is 31.0 Å². The molecule has 1 fully saturated rings. The van der Waals surface area contributed by atoms with Crippen LogP contribution in [-0.4, -0.2) is 36.6 Å². The molecular weight excluding hydrogens is 394 g/mol. The van der Waals surface area contributed by atoms with Gasteiger partial charge in [0.05, 0.1) is 11.5 Å². The van der Waals surface area contributed by atoms with Gasteiger partial charge in [-0.3, -0.25) is 0 Å². The molecule has 0 radical (unpaired) electrons. The second-order valence-corrected chi connectivity index (χ2v) is 8.49. The number of rotatable bonds is 6. The number of anilines is 1. The number of nitrogens with zero attached hydrogens (tertiary/aromatic N) is 3. The predicted molar refractivity (Wildman–Crippen MR) is 124 cm³/mol. The van der Waals surface area contributed by atoms with Crippen LogP contribution in [0, 0.1) is 6.92 Å². The number of guanidine groups is 1. The average molecular weight is 424 g/mol. The lowest BCUT2D eigenvalue weighted by molar-refractivity contribution is 0.463. The highest BCUT2D eigenvalue weighted by atomic mass is 32.1. The highest BCUT2D eigenvalue weighted by molar-refractivity contribution is 7.14. The van der Waals surface area contributed by atoms with Crippen LogP contribution in [0.2, 0.25) is 0 Å². The van der Waals surface area contributed by atoms with Crippen LogP contribution in [0.4, 0.5) is 5.00 Å². The van der Waals surface area contributed by atoms with Crippen molar-refractivity contribution in [3.8, 4) is 11.5 Å². The van der Waals surface area contributed by atoms with E-state index in [4.69, 9.17) is 9.41 Å². The SMILES string of the molecule is CCNC(=NCc1coc(-c2ccc(C)cc2)n1)NC1CCN(c2cccs2)CC1. The van der Waals surface area contributed by atoms with Gasteiger partial charge in [0.1, 0.15) is 12.0 Å². The molecule has 0 saturated carbocycles. The Kier molecular flexibility index (Phi) is 6.69. The molecule has 0 atom stereocenters. The van der Waals surface area contributed by atoms with Crippen LogP contribution in [0.3, 0.4) is 0 Å². The maximum atomic E-state index is 5.65. The molecule has 30 heavy (non-hydrogen) atoms. The minimum atomic E-state index is 0.430. The summed E-state index contributed by atoms with van der Waals surface area (Å²) in [4.78, 5) is 11.8. The second kappa shape index (κ2) is 9.80. The maximum absolute atomic E-state index is 5.65. The van der Waals surface area contributed by atoms with E-state index in [-0.39, 0.29) is 0 Å². The highest BCUT2D eigenvalue weighted by Gasteiger charge is 2.20. The molecule has 1 aliphatic heterocycles. The van der Waals surface area contributed by atoms with Gasteiger partial charge in [0.15, 0.2) is 5.96 Å². The zero-order valence-electron chi connectivity index (χ0n) is 17.6. The van der Waals surface area contributed by atoms with Crippen molar-refractivity contribution < 1.29 is 4.42 Å². The number of nitrogens with one attached hydrogen (secondary N) is 2. The third-order valence-electron chi connectivity index (χ3n) is 5.25. The van der Waals surface area contributed by atoms with Crippen LogP contribution in [0.15, 0.2) is 57.5 Å². The molecule has 0 unspecified atom stereocenters. The Morgan fingerprint density at radius 2 is 2.03 bits per heavy atom. The van der Waals surface area contributed by atoms with Gasteiger partial charge in [-0.25, -0.2) is 9.98 Å². The molecule has 2 N–H and O–H groups in total. The minimum absolute atomic E-state index is 0.430. The summed E-state index contributed by atoms with van der Waals surface area (Å²) in [5.41, 5.74) is 3.03. The summed E-state index contributed by atoms with van der Waals surface area (Å²) < 4.78 is 5.65. The third-order valence-corrected chi connectivity index (χ3v) is 6.18. The van der Waals surface area contributed by atoms with Crippen molar-refractivity contribution in [3.63, 3.8) is 0 Å². The van der Waals surface area contributed by atoms with E-state index in [0.29, 0.717) is 18.5 Å². The number of hydrogen-bond donors (Lipinski definition) is 2.